The highest BCUT2D eigenvalue weighted by Crippen LogP contribution is 2.28. The van der Waals surface area contributed by atoms with Gasteiger partial charge in [-0.05, 0) is 25.0 Å². The van der Waals surface area contributed by atoms with Crippen LogP contribution in [0.4, 0.5) is 0 Å². The lowest BCUT2D eigenvalue weighted by atomic mass is 9.99. The number of nitrogens with zero attached hydrogens (tertiary/aromatic N) is 3. The summed E-state index contributed by atoms with van der Waals surface area (Å²) in [5, 5.41) is 3.05. The van der Waals surface area contributed by atoms with E-state index in [1.807, 2.05) is 16.3 Å². The number of para-hydroxylation sites is 2. The van der Waals surface area contributed by atoms with Gasteiger partial charge in [0.05, 0.1) is 10.5 Å². The summed E-state index contributed by atoms with van der Waals surface area (Å²) in [6.45, 7) is 1.41. The Morgan fingerprint density at radius 1 is 1.38 bits per heavy atom. The first-order chi connectivity index (χ1) is 11.7. The number of hydrogen-bond donors (Lipinski definition) is 0. The Morgan fingerprint density at radius 3 is 3.08 bits per heavy atom. The molecule has 1 unspecified atom stereocenters. The fraction of sp³-hybridized carbons (Fsp3) is 0.353. The summed E-state index contributed by atoms with van der Waals surface area (Å²) in [6.07, 6.45) is 3.81. The number of carbonyl (C=O) groups excluding carboxylic acids is 1. The van der Waals surface area contributed by atoms with Crippen LogP contribution in [-0.4, -0.2) is 33.4 Å². The highest BCUT2D eigenvalue weighted by Gasteiger charge is 2.27. The quantitative estimate of drug-likeness (QED) is 0.732. The number of carbonyl (C=O) groups is 1. The number of rotatable bonds is 3. The molecule has 0 saturated carbocycles. The third kappa shape index (κ3) is 2.75. The summed E-state index contributed by atoms with van der Waals surface area (Å²) in [5.41, 5.74) is 1.17. The molecule has 1 aromatic carbocycles. The zero-order valence-electron chi connectivity index (χ0n) is 13.1. The fourth-order valence-corrected chi connectivity index (χ4v) is 4.01. The van der Waals surface area contributed by atoms with E-state index < -0.39 is 5.76 Å². The van der Waals surface area contributed by atoms with Crippen molar-refractivity contribution in [2.24, 2.45) is 0 Å². The van der Waals surface area contributed by atoms with Gasteiger partial charge in [-0.25, -0.2) is 9.78 Å². The molecular weight excluding hydrogens is 326 g/mol. The Balaban J connectivity index is 1.53. The molecule has 6 nitrogen and oxygen atoms in total. The molecule has 1 saturated heterocycles. The van der Waals surface area contributed by atoms with Gasteiger partial charge in [-0.1, -0.05) is 12.1 Å². The van der Waals surface area contributed by atoms with E-state index in [-0.39, 0.29) is 12.5 Å². The number of amides is 1. The summed E-state index contributed by atoms with van der Waals surface area (Å²) in [5.74, 6) is -0.247. The second-order valence-corrected chi connectivity index (χ2v) is 6.90. The van der Waals surface area contributed by atoms with Crippen LogP contribution in [0.5, 0.6) is 0 Å². The van der Waals surface area contributed by atoms with Crippen LogP contribution < -0.4 is 5.76 Å². The van der Waals surface area contributed by atoms with Gasteiger partial charge >= 0.3 is 5.76 Å². The van der Waals surface area contributed by atoms with Crippen molar-refractivity contribution in [1.29, 1.82) is 0 Å². The third-order valence-corrected chi connectivity index (χ3v) is 5.38. The first-order valence-corrected chi connectivity index (χ1v) is 8.86. The number of piperidine rings is 1. The Labute approximate surface area is 142 Å². The molecule has 3 aromatic rings. The zero-order chi connectivity index (χ0) is 16.5. The minimum absolute atomic E-state index is 0.0143. The Bertz CT molecular complexity index is 913. The van der Waals surface area contributed by atoms with Crippen molar-refractivity contribution in [3.63, 3.8) is 0 Å². The first-order valence-electron chi connectivity index (χ1n) is 7.98. The van der Waals surface area contributed by atoms with Crippen molar-refractivity contribution >= 4 is 28.3 Å². The SMILES string of the molecule is O=C(Cn1c(=O)oc2ccccc21)N1CCCC(c2nccs2)C1. The monoisotopic (exact) mass is 343 g/mol. The van der Waals surface area contributed by atoms with Crippen molar-refractivity contribution in [1.82, 2.24) is 14.5 Å². The van der Waals surface area contributed by atoms with Crippen molar-refractivity contribution in [3.05, 3.63) is 51.4 Å². The van der Waals surface area contributed by atoms with Crippen molar-refractivity contribution < 1.29 is 9.21 Å². The highest BCUT2D eigenvalue weighted by molar-refractivity contribution is 7.09. The predicted octanol–water partition coefficient (Wildman–Crippen LogP) is 2.46. The first kappa shape index (κ1) is 15.1. The van der Waals surface area contributed by atoms with E-state index in [4.69, 9.17) is 4.42 Å². The summed E-state index contributed by atoms with van der Waals surface area (Å²) in [4.78, 5) is 30.9. The average molecular weight is 343 g/mol. The van der Waals surface area contributed by atoms with E-state index in [1.54, 1.807) is 35.7 Å². The molecule has 1 aliphatic heterocycles. The van der Waals surface area contributed by atoms with E-state index in [1.165, 1.54) is 4.57 Å². The summed E-state index contributed by atoms with van der Waals surface area (Å²) >= 11 is 1.63. The minimum atomic E-state index is -0.488. The molecule has 0 aliphatic carbocycles. The molecule has 0 spiro atoms. The van der Waals surface area contributed by atoms with Crippen LogP contribution in [0.1, 0.15) is 23.8 Å². The normalized spacial score (nSPS) is 18.2. The number of hydrogen-bond acceptors (Lipinski definition) is 5. The van der Waals surface area contributed by atoms with Crippen LogP contribution in [0, 0.1) is 0 Å². The lowest BCUT2D eigenvalue weighted by Crippen LogP contribution is -2.41. The van der Waals surface area contributed by atoms with E-state index in [9.17, 15) is 9.59 Å². The molecule has 0 bridgehead atoms. The number of thiazole rings is 1. The zero-order valence-corrected chi connectivity index (χ0v) is 13.9. The molecule has 1 fully saturated rings. The van der Waals surface area contributed by atoms with Gasteiger partial charge in [-0.3, -0.25) is 9.36 Å². The van der Waals surface area contributed by atoms with E-state index >= 15 is 0 Å². The topological polar surface area (TPSA) is 68.3 Å². The third-order valence-electron chi connectivity index (χ3n) is 4.44. The van der Waals surface area contributed by atoms with Gasteiger partial charge in [0.2, 0.25) is 5.91 Å². The fourth-order valence-electron chi connectivity index (χ4n) is 3.24. The maximum Gasteiger partial charge on any atom is 0.420 e. The molecule has 24 heavy (non-hydrogen) atoms. The number of fused-ring (bicyclic) bond motifs is 1. The maximum atomic E-state index is 12.7. The molecule has 124 valence electrons. The van der Waals surface area contributed by atoms with Crippen LogP contribution in [0.3, 0.4) is 0 Å². The maximum absolute atomic E-state index is 12.7. The number of aromatic nitrogens is 2. The molecule has 0 N–H and O–H groups in total. The Kier molecular flexibility index (Phi) is 3.93. The molecule has 1 atom stereocenters. The Morgan fingerprint density at radius 2 is 2.25 bits per heavy atom. The largest absolute Gasteiger partial charge is 0.420 e. The van der Waals surface area contributed by atoms with E-state index in [2.05, 4.69) is 4.98 Å². The smallest absolute Gasteiger partial charge is 0.408 e. The molecule has 7 heteroatoms. The van der Waals surface area contributed by atoms with Crippen molar-refractivity contribution in [2.75, 3.05) is 13.1 Å². The number of likely N-dealkylation sites (tertiary alicyclic amines) is 1. The van der Waals surface area contributed by atoms with Crippen molar-refractivity contribution in [3.8, 4) is 0 Å². The molecule has 3 heterocycles. The average Bonchev–Trinajstić information content (AvgIpc) is 3.24. The molecule has 0 radical (unpaired) electrons. The second-order valence-electron chi connectivity index (χ2n) is 5.97. The molecule has 1 aliphatic rings. The number of benzene rings is 1. The lowest BCUT2D eigenvalue weighted by molar-refractivity contribution is -0.133. The van der Waals surface area contributed by atoms with Crippen LogP contribution >= 0.6 is 11.3 Å². The van der Waals surface area contributed by atoms with Gasteiger partial charge in [0, 0.05) is 30.6 Å². The Hall–Kier alpha value is -2.41. The van der Waals surface area contributed by atoms with Gasteiger partial charge in [-0.15, -0.1) is 11.3 Å². The van der Waals surface area contributed by atoms with Crippen LogP contribution in [0.15, 0.2) is 45.1 Å². The van der Waals surface area contributed by atoms with Gasteiger partial charge < -0.3 is 9.32 Å². The van der Waals surface area contributed by atoms with Gasteiger partial charge in [-0.2, -0.15) is 0 Å². The summed E-state index contributed by atoms with van der Waals surface area (Å²) < 4.78 is 6.60. The van der Waals surface area contributed by atoms with Gasteiger partial charge in [0.25, 0.3) is 0 Å². The van der Waals surface area contributed by atoms with Crippen LogP contribution in [0.25, 0.3) is 11.1 Å². The van der Waals surface area contributed by atoms with E-state index in [0.717, 1.165) is 24.4 Å². The number of oxazole rings is 1. The highest BCUT2D eigenvalue weighted by atomic mass is 32.1. The van der Waals surface area contributed by atoms with Gasteiger partial charge in [0.15, 0.2) is 5.58 Å². The van der Waals surface area contributed by atoms with Gasteiger partial charge in [0.1, 0.15) is 6.54 Å². The standard InChI is InChI=1S/C17H17N3O3S/c21-15(11-20-13-5-1-2-6-14(13)23-17(20)22)19-8-3-4-12(10-19)16-18-7-9-24-16/h1-2,5-7,9,12H,3-4,8,10-11H2. The molecule has 1 amide bonds. The minimum Gasteiger partial charge on any atom is -0.408 e. The molecule has 2 aromatic heterocycles. The lowest BCUT2D eigenvalue weighted by Gasteiger charge is -2.31. The summed E-state index contributed by atoms with van der Waals surface area (Å²) in [6, 6.07) is 7.16. The van der Waals surface area contributed by atoms with E-state index in [0.29, 0.717) is 23.6 Å². The van der Waals surface area contributed by atoms with Crippen LogP contribution in [0.2, 0.25) is 0 Å². The van der Waals surface area contributed by atoms with Crippen molar-refractivity contribution in [2.45, 2.75) is 25.3 Å². The molecular formula is C17H17N3O3S. The van der Waals surface area contributed by atoms with Crippen LogP contribution in [-0.2, 0) is 11.3 Å². The summed E-state index contributed by atoms with van der Waals surface area (Å²) in [7, 11) is 0. The molecule has 4 rings (SSSR count). The second kappa shape index (κ2) is 6.24. The predicted molar refractivity (Wildman–Crippen MR) is 91.1 cm³/mol.